The smallest absolute Gasteiger partial charge is 0.254 e. The van der Waals surface area contributed by atoms with Crippen molar-refractivity contribution in [2.75, 3.05) is 20.2 Å². The van der Waals surface area contributed by atoms with Crippen LogP contribution in [0.5, 0.6) is 5.75 Å². The lowest BCUT2D eigenvalue weighted by atomic mass is 9.76. The molecule has 4 fully saturated rings. The summed E-state index contributed by atoms with van der Waals surface area (Å²) in [6, 6.07) is 13.3. The summed E-state index contributed by atoms with van der Waals surface area (Å²) in [5, 5.41) is 1.27. The van der Waals surface area contributed by atoms with Gasteiger partial charge < -0.3 is 30.2 Å². The highest BCUT2D eigenvalue weighted by Gasteiger charge is 2.41. The molecule has 4 aliphatic rings. The fraction of sp³-hybridized carbons (Fsp3) is 0.543. The highest BCUT2D eigenvalue weighted by Crippen LogP contribution is 2.40. The SMILES string of the molecule is COc1cc(C(=O)N2C[C@H]3CC[C@@H]2C[C@@H]3N)cc2nc(-c3cc4cccc(CCCCCCN)c4n3CC3CC3)n(C)c12. The molecular formula is C35H46N6O2. The molecular weight excluding hydrogens is 536 g/mol. The van der Waals surface area contributed by atoms with Gasteiger partial charge in [0, 0.05) is 43.2 Å². The van der Waals surface area contributed by atoms with Crippen molar-refractivity contribution in [1.29, 1.82) is 0 Å². The van der Waals surface area contributed by atoms with Gasteiger partial charge in [0.05, 0.1) is 23.8 Å². The molecule has 2 aliphatic carbocycles. The summed E-state index contributed by atoms with van der Waals surface area (Å²) >= 11 is 0. The predicted molar refractivity (Wildman–Crippen MR) is 172 cm³/mol. The topological polar surface area (TPSA) is 104 Å². The van der Waals surface area contributed by atoms with E-state index >= 15 is 0 Å². The second-order valence-electron chi connectivity index (χ2n) is 13.3. The lowest BCUT2D eigenvalue weighted by molar-refractivity contribution is 0.0261. The number of hydrogen-bond donors (Lipinski definition) is 2. The third-order valence-electron chi connectivity index (χ3n) is 10.3. The number of carbonyl (C=O) groups is 1. The Labute approximate surface area is 254 Å². The molecule has 8 nitrogen and oxygen atoms in total. The van der Waals surface area contributed by atoms with Crippen LogP contribution in [0.2, 0.25) is 0 Å². The molecule has 8 heteroatoms. The zero-order valence-corrected chi connectivity index (χ0v) is 25.7. The number of benzene rings is 2. The van der Waals surface area contributed by atoms with Crippen molar-refractivity contribution in [3.05, 3.63) is 47.5 Å². The summed E-state index contributed by atoms with van der Waals surface area (Å²) in [6.45, 7) is 2.53. The fourth-order valence-electron chi connectivity index (χ4n) is 7.74. The number of para-hydroxylation sites is 1. The number of nitrogens with two attached hydrogens (primary N) is 2. The highest BCUT2D eigenvalue weighted by molar-refractivity contribution is 6.00. The normalized spacial score (nSPS) is 21.8. The Morgan fingerprint density at radius 3 is 2.60 bits per heavy atom. The van der Waals surface area contributed by atoms with Gasteiger partial charge in [-0.3, -0.25) is 4.79 Å². The van der Waals surface area contributed by atoms with Crippen LogP contribution in [0, 0.1) is 11.8 Å². The van der Waals surface area contributed by atoms with Gasteiger partial charge in [-0.1, -0.05) is 31.0 Å². The summed E-state index contributed by atoms with van der Waals surface area (Å²) in [7, 11) is 3.75. The number of aryl methyl sites for hydroxylation is 2. The molecule has 3 atom stereocenters. The van der Waals surface area contributed by atoms with E-state index in [9.17, 15) is 4.79 Å². The van der Waals surface area contributed by atoms with Crippen LogP contribution in [-0.2, 0) is 20.0 Å². The van der Waals surface area contributed by atoms with Crippen molar-refractivity contribution < 1.29 is 9.53 Å². The van der Waals surface area contributed by atoms with Gasteiger partial charge in [-0.25, -0.2) is 4.98 Å². The second-order valence-corrected chi connectivity index (χ2v) is 13.3. The molecule has 4 N–H and O–H groups in total. The minimum Gasteiger partial charge on any atom is -0.494 e. The van der Waals surface area contributed by atoms with E-state index in [2.05, 4.69) is 40.4 Å². The van der Waals surface area contributed by atoms with Gasteiger partial charge in [-0.2, -0.15) is 0 Å². The van der Waals surface area contributed by atoms with E-state index in [1.165, 1.54) is 48.6 Å². The highest BCUT2D eigenvalue weighted by atomic mass is 16.5. The van der Waals surface area contributed by atoms with E-state index in [1.807, 2.05) is 17.0 Å². The number of rotatable bonds is 11. The van der Waals surface area contributed by atoms with Crippen molar-refractivity contribution in [2.45, 2.75) is 82.8 Å². The predicted octanol–water partition coefficient (Wildman–Crippen LogP) is 5.63. The van der Waals surface area contributed by atoms with Gasteiger partial charge in [0.1, 0.15) is 11.3 Å². The monoisotopic (exact) mass is 582 g/mol. The number of methoxy groups -OCH3 is 1. The number of carbonyl (C=O) groups excluding carboxylic acids is 1. The molecule has 2 aromatic heterocycles. The maximum Gasteiger partial charge on any atom is 0.254 e. The largest absolute Gasteiger partial charge is 0.494 e. The first kappa shape index (κ1) is 28.4. The zero-order chi connectivity index (χ0) is 29.7. The van der Waals surface area contributed by atoms with E-state index in [1.54, 1.807) is 7.11 Å². The summed E-state index contributed by atoms with van der Waals surface area (Å²) in [6.07, 6.45) is 11.4. The van der Waals surface area contributed by atoms with Crippen molar-refractivity contribution in [3.63, 3.8) is 0 Å². The van der Waals surface area contributed by atoms with Crippen LogP contribution in [0.25, 0.3) is 33.5 Å². The number of amides is 1. The van der Waals surface area contributed by atoms with Crippen LogP contribution in [-0.4, -0.2) is 57.2 Å². The van der Waals surface area contributed by atoms with Crippen LogP contribution in [0.15, 0.2) is 36.4 Å². The first-order chi connectivity index (χ1) is 21.0. The molecule has 0 unspecified atom stereocenters. The van der Waals surface area contributed by atoms with Crippen molar-refractivity contribution in [2.24, 2.45) is 30.4 Å². The van der Waals surface area contributed by atoms with Crippen molar-refractivity contribution in [1.82, 2.24) is 19.0 Å². The number of aromatic nitrogens is 3. The van der Waals surface area contributed by atoms with E-state index in [-0.39, 0.29) is 18.0 Å². The molecule has 2 saturated heterocycles. The third kappa shape index (κ3) is 5.22. The van der Waals surface area contributed by atoms with Crippen LogP contribution in [0.4, 0.5) is 0 Å². The number of piperidine rings is 2. The second kappa shape index (κ2) is 11.6. The van der Waals surface area contributed by atoms with Gasteiger partial charge in [0.25, 0.3) is 5.91 Å². The van der Waals surface area contributed by atoms with E-state index < -0.39 is 0 Å². The summed E-state index contributed by atoms with van der Waals surface area (Å²) in [4.78, 5) is 21.1. The number of nitrogens with zero attached hydrogens (tertiary/aromatic N) is 4. The molecule has 0 spiro atoms. The molecule has 8 rings (SSSR count). The van der Waals surface area contributed by atoms with Crippen LogP contribution in [0.1, 0.15) is 73.7 Å². The van der Waals surface area contributed by atoms with Gasteiger partial charge in [-0.15, -0.1) is 0 Å². The van der Waals surface area contributed by atoms with Crippen LogP contribution >= 0.6 is 0 Å². The number of ether oxygens (including phenoxy) is 1. The quantitative estimate of drug-likeness (QED) is 0.223. The van der Waals surface area contributed by atoms with E-state index in [0.29, 0.717) is 23.1 Å². The Kier molecular flexibility index (Phi) is 7.68. The fourth-order valence-corrected chi connectivity index (χ4v) is 7.74. The Morgan fingerprint density at radius 2 is 1.88 bits per heavy atom. The average molecular weight is 583 g/mol. The minimum absolute atomic E-state index is 0.0629. The molecule has 2 saturated carbocycles. The van der Waals surface area contributed by atoms with Crippen LogP contribution < -0.4 is 16.2 Å². The van der Waals surface area contributed by atoms with Gasteiger partial charge >= 0.3 is 0 Å². The molecule has 4 heterocycles. The zero-order valence-electron chi connectivity index (χ0n) is 25.7. The first-order valence-corrected chi connectivity index (χ1v) is 16.4. The van der Waals surface area contributed by atoms with E-state index in [4.69, 9.17) is 21.2 Å². The molecule has 2 bridgehead atoms. The maximum atomic E-state index is 13.8. The lowest BCUT2D eigenvalue weighted by Crippen LogP contribution is -2.58. The van der Waals surface area contributed by atoms with Crippen molar-refractivity contribution in [3.8, 4) is 17.3 Å². The molecule has 1 amide bonds. The average Bonchev–Trinajstić information content (AvgIpc) is 3.68. The number of unbranched alkanes of at least 4 members (excludes halogenated alkanes) is 3. The molecule has 43 heavy (non-hydrogen) atoms. The van der Waals surface area contributed by atoms with E-state index in [0.717, 1.165) is 74.3 Å². The molecule has 2 aliphatic heterocycles. The minimum atomic E-state index is 0.0629. The van der Waals surface area contributed by atoms with Crippen LogP contribution in [0.3, 0.4) is 0 Å². The molecule has 0 radical (unpaired) electrons. The summed E-state index contributed by atoms with van der Waals surface area (Å²) < 4.78 is 10.6. The Morgan fingerprint density at radius 1 is 1.05 bits per heavy atom. The lowest BCUT2D eigenvalue weighted by Gasteiger charge is -2.48. The molecule has 228 valence electrons. The Hall–Kier alpha value is -3.36. The maximum absolute atomic E-state index is 13.8. The molecule has 4 aromatic rings. The Bertz CT molecular complexity index is 1650. The van der Waals surface area contributed by atoms with Gasteiger partial charge in [0.2, 0.25) is 0 Å². The summed E-state index contributed by atoms with van der Waals surface area (Å²) in [5.74, 6) is 2.77. The van der Waals surface area contributed by atoms with Gasteiger partial charge in [-0.05, 0) is 93.5 Å². The third-order valence-corrected chi connectivity index (χ3v) is 10.3. The summed E-state index contributed by atoms with van der Waals surface area (Å²) in [5.41, 5.74) is 18.3. The number of imidazole rings is 1. The van der Waals surface area contributed by atoms with Gasteiger partial charge in [0.15, 0.2) is 5.82 Å². The molecule has 2 aromatic carbocycles. The number of fused-ring (bicyclic) bond motifs is 5. The standard InChI is InChI=1S/C35H46N6O2/c1-39-33-29(16-26(18-31(33)43-2)35(42)40-21-25-13-14-27(40)19-28(25)37)38-34(39)30-17-24-10-7-9-23(8-5-3-4-6-15-36)32(24)41(30)20-22-11-12-22/h7,9-10,16-18,22,25,27-28H,3-6,8,11-15,19-21,36-37H2,1-2H3/t25-,27-,28+/m1/s1. The Balaban J connectivity index is 1.27. The number of hydrogen-bond acceptors (Lipinski definition) is 5. The van der Waals surface area contributed by atoms with Crippen molar-refractivity contribution >= 4 is 27.8 Å². The first-order valence-electron chi connectivity index (χ1n) is 16.4.